The molecule has 1 atom stereocenters. The van der Waals surface area contributed by atoms with Gasteiger partial charge in [-0.3, -0.25) is 9.69 Å². The van der Waals surface area contributed by atoms with Crippen molar-refractivity contribution < 1.29 is 17.6 Å². The molecule has 0 radical (unpaired) electrons. The number of halogens is 1. The maximum absolute atomic E-state index is 13.5. The van der Waals surface area contributed by atoms with Gasteiger partial charge >= 0.3 is 0 Å². The molecule has 0 bridgehead atoms. The van der Waals surface area contributed by atoms with E-state index in [2.05, 4.69) is 0 Å². The van der Waals surface area contributed by atoms with Crippen LogP contribution in [0.3, 0.4) is 0 Å². The highest BCUT2D eigenvalue weighted by Crippen LogP contribution is 2.26. The minimum atomic E-state index is -3.04. The minimum Gasteiger partial charge on any atom is -0.337 e. The first-order valence-electron chi connectivity index (χ1n) is 9.42. The summed E-state index contributed by atoms with van der Waals surface area (Å²) in [6.07, 6.45) is 0. The third kappa shape index (κ3) is 4.97. The van der Waals surface area contributed by atoms with Gasteiger partial charge in [0.15, 0.2) is 9.84 Å². The third-order valence-electron chi connectivity index (χ3n) is 5.05. The van der Waals surface area contributed by atoms with Crippen molar-refractivity contribution >= 4 is 15.7 Å². The van der Waals surface area contributed by atoms with Gasteiger partial charge in [-0.25, -0.2) is 12.8 Å². The molecular formula is C21H25FN2O3S. The first-order valence-corrected chi connectivity index (χ1v) is 11.2. The molecule has 0 saturated carbocycles. The van der Waals surface area contributed by atoms with Gasteiger partial charge in [0, 0.05) is 26.2 Å². The number of hydrogen-bond acceptors (Lipinski definition) is 4. The summed E-state index contributed by atoms with van der Waals surface area (Å²) >= 11 is 0. The molecule has 150 valence electrons. The lowest BCUT2D eigenvalue weighted by molar-refractivity contribution is -0.137. The zero-order valence-electron chi connectivity index (χ0n) is 15.9. The van der Waals surface area contributed by atoms with E-state index in [1.54, 1.807) is 17.0 Å². The van der Waals surface area contributed by atoms with Crippen molar-refractivity contribution in [1.82, 2.24) is 9.80 Å². The largest absolute Gasteiger partial charge is 0.337 e. The van der Waals surface area contributed by atoms with Crippen molar-refractivity contribution in [2.24, 2.45) is 0 Å². The van der Waals surface area contributed by atoms with Crippen LogP contribution in [0.1, 0.15) is 24.1 Å². The van der Waals surface area contributed by atoms with Gasteiger partial charge in [-0.15, -0.1) is 0 Å². The van der Waals surface area contributed by atoms with Gasteiger partial charge < -0.3 is 4.90 Å². The summed E-state index contributed by atoms with van der Waals surface area (Å²) in [6.45, 7) is 3.32. The van der Waals surface area contributed by atoms with Crippen LogP contribution in [0.25, 0.3) is 0 Å². The SMILES string of the molecule is CCN(Cc1cccc(F)c1)C(=O)C(c1ccccc1)N1CCS(=O)(=O)CC1. The second kappa shape index (κ2) is 8.84. The Balaban J connectivity index is 1.86. The highest BCUT2D eigenvalue weighted by Gasteiger charge is 2.34. The molecule has 2 aromatic rings. The molecule has 1 unspecified atom stereocenters. The Morgan fingerprint density at radius 3 is 2.39 bits per heavy atom. The van der Waals surface area contributed by atoms with E-state index in [4.69, 9.17) is 0 Å². The van der Waals surface area contributed by atoms with E-state index < -0.39 is 15.9 Å². The number of carbonyl (C=O) groups excluding carboxylic acids is 1. The van der Waals surface area contributed by atoms with Crippen molar-refractivity contribution in [2.45, 2.75) is 19.5 Å². The molecule has 0 spiro atoms. The lowest BCUT2D eigenvalue weighted by Gasteiger charge is -2.36. The molecule has 0 aromatic heterocycles. The molecule has 1 fully saturated rings. The van der Waals surface area contributed by atoms with Crippen molar-refractivity contribution in [1.29, 1.82) is 0 Å². The lowest BCUT2D eigenvalue weighted by Crippen LogP contribution is -2.48. The first kappa shape index (κ1) is 20.5. The predicted octanol–water partition coefficient (Wildman–Crippen LogP) is 2.65. The summed E-state index contributed by atoms with van der Waals surface area (Å²) in [5, 5.41) is 0. The van der Waals surface area contributed by atoms with Crippen molar-refractivity contribution in [3.63, 3.8) is 0 Å². The van der Waals surface area contributed by atoms with E-state index in [9.17, 15) is 17.6 Å². The zero-order chi connectivity index (χ0) is 20.1. The number of sulfone groups is 1. The van der Waals surface area contributed by atoms with Gasteiger partial charge in [-0.2, -0.15) is 0 Å². The van der Waals surface area contributed by atoms with Gasteiger partial charge in [-0.05, 0) is 30.2 Å². The molecule has 1 aliphatic heterocycles. The highest BCUT2D eigenvalue weighted by molar-refractivity contribution is 7.91. The number of rotatable bonds is 6. The summed E-state index contributed by atoms with van der Waals surface area (Å²) in [7, 11) is -3.04. The van der Waals surface area contributed by atoms with Gasteiger partial charge in [0.05, 0.1) is 11.5 Å². The van der Waals surface area contributed by atoms with Crippen LogP contribution < -0.4 is 0 Å². The third-order valence-corrected chi connectivity index (χ3v) is 6.66. The standard InChI is InChI=1S/C21H25FN2O3S/c1-2-23(16-17-7-6-10-19(22)15-17)21(25)20(18-8-4-3-5-9-18)24-11-13-28(26,27)14-12-24/h3-10,15,20H,2,11-14,16H2,1H3. The lowest BCUT2D eigenvalue weighted by atomic mass is 10.0. The van der Waals surface area contributed by atoms with Crippen LogP contribution in [0.2, 0.25) is 0 Å². The predicted molar refractivity (Wildman–Crippen MR) is 107 cm³/mol. The fourth-order valence-electron chi connectivity index (χ4n) is 3.50. The Labute approximate surface area is 165 Å². The van der Waals surface area contributed by atoms with Crippen molar-refractivity contribution in [3.05, 3.63) is 71.5 Å². The number of amides is 1. The van der Waals surface area contributed by atoms with Crippen LogP contribution in [0, 0.1) is 5.82 Å². The number of benzene rings is 2. The fourth-order valence-corrected chi connectivity index (χ4v) is 4.73. The monoisotopic (exact) mass is 404 g/mol. The molecule has 2 aromatic carbocycles. The number of nitrogens with zero attached hydrogens (tertiary/aromatic N) is 2. The second-order valence-corrected chi connectivity index (χ2v) is 9.29. The van der Waals surface area contributed by atoms with Gasteiger partial charge in [0.25, 0.3) is 0 Å². The molecule has 1 aliphatic rings. The molecule has 3 rings (SSSR count). The fraction of sp³-hybridized carbons (Fsp3) is 0.381. The van der Waals surface area contributed by atoms with E-state index in [1.165, 1.54) is 12.1 Å². The van der Waals surface area contributed by atoms with Crippen molar-refractivity contribution in [3.8, 4) is 0 Å². The second-order valence-electron chi connectivity index (χ2n) is 6.98. The van der Waals surface area contributed by atoms with Crippen LogP contribution in [0.4, 0.5) is 4.39 Å². The van der Waals surface area contributed by atoms with Gasteiger partial charge in [-0.1, -0.05) is 42.5 Å². The molecule has 0 aliphatic carbocycles. The maximum Gasteiger partial charge on any atom is 0.244 e. The quantitative estimate of drug-likeness (QED) is 0.743. The van der Waals surface area contributed by atoms with Crippen molar-refractivity contribution in [2.75, 3.05) is 31.1 Å². The Morgan fingerprint density at radius 1 is 1.11 bits per heavy atom. The first-order chi connectivity index (χ1) is 13.4. The minimum absolute atomic E-state index is 0.0552. The average molecular weight is 405 g/mol. The van der Waals surface area contributed by atoms with Gasteiger partial charge in [0.2, 0.25) is 5.91 Å². The molecule has 1 amide bonds. The smallest absolute Gasteiger partial charge is 0.244 e. The Kier molecular flexibility index (Phi) is 6.46. The Hall–Kier alpha value is -2.25. The molecule has 7 heteroatoms. The molecule has 5 nitrogen and oxygen atoms in total. The maximum atomic E-state index is 13.5. The Morgan fingerprint density at radius 2 is 1.79 bits per heavy atom. The Bertz CT molecular complexity index is 904. The number of hydrogen-bond donors (Lipinski definition) is 0. The van der Waals surface area contributed by atoms with E-state index in [0.717, 1.165) is 11.1 Å². The zero-order valence-corrected chi connectivity index (χ0v) is 16.7. The number of likely N-dealkylation sites (N-methyl/N-ethyl adjacent to an activating group) is 1. The molecule has 1 saturated heterocycles. The van der Waals surface area contributed by atoms with Crippen LogP contribution in [-0.2, 0) is 21.2 Å². The molecule has 0 N–H and O–H groups in total. The summed E-state index contributed by atoms with van der Waals surface area (Å²) in [4.78, 5) is 17.1. The van der Waals surface area contributed by atoms with Crippen LogP contribution >= 0.6 is 0 Å². The highest BCUT2D eigenvalue weighted by atomic mass is 32.2. The normalized spacial score (nSPS) is 17.8. The molecule has 28 heavy (non-hydrogen) atoms. The van der Waals surface area contributed by atoms with Crippen LogP contribution in [0.5, 0.6) is 0 Å². The van der Waals surface area contributed by atoms with E-state index in [-0.39, 0.29) is 23.2 Å². The molecule has 1 heterocycles. The van der Waals surface area contributed by atoms with Crippen LogP contribution in [0.15, 0.2) is 54.6 Å². The summed E-state index contributed by atoms with van der Waals surface area (Å²) in [5.41, 5.74) is 1.56. The van der Waals surface area contributed by atoms with Gasteiger partial charge in [0.1, 0.15) is 11.9 Å². The van der Waals surface area contributed by atoms with Crippen LogP contribution in [-0.4, -0.2) is 55.3 Å². The summed E-state index contributed by atoms with van der Waals surface area (Å²) in [5.74, 6) is -0.321. The van der Waals surface area contributed by atoms with E-state index in [1.807, 2.05) is 42.2 Å². The average Bonchev–Trinajstić information content (AvgIpc) is 2.68. The number of carbonyl (C=O) groups is 1. The van der Waals surface area contributed by atoms with E-state index in [0.29, 0.717) is 26.2 Å². The summed E-state index contributed by atoms with van der Waals surface area (Å²) in [6, 6.07) is 15.1. The topological polar surface area (TPSA) is 57.7 Å². The molecular weight excluding hydrogens is 379 g/mol. The summed E-state index contributed by atoms with van der Waals surface area (Å²) < 4.78 is 37.2. The van der Waals surface area contributed by atoms with E-state index >= 15 is 0 Å².